The molecule has 2 rings (SSSR count). The van der Waals surface area contributed by atoms with Crippen LogP contribution in [0.2, 0.25) is 0 Å². The van der Waals surface area contributed by atoms with Gasteiger partial charge in [0.1, 0.15) is 11.8 Å². The summed E-state index contributed by atoms with van der Waals surface area (Å²) in [7, 11) is 1.62. The molecule has 0 amide bonds. The van der Waals surface area contributed by atoms with Crippen molar-refractivity contribution < 1.29 is 14.6 Å². The molecule has 3 N–H and O–H groups in total. The van der Waals surface area contributed by atoms with Crippen LogP contribution < -0.4 is 10.5 Å². The first-order valence-electron chi connectivity index (χ1n) is 5.65. The average molecular weight is 235 g/mol. The highest BCUT2D eigenvalue weighted by Crippen LogP contribution is 2.51. The Morgan fingerprint density at radius 1 is 1.53 bits per heavy atom. The van der Waals surface area contributed by atoms with E-state index >= 15 is 0 Å². The highest BCUT2D eigenvalue weighted by molar-refractivity contribution is 5.77. The third-order valence-electron chi connectivity index (χ3n) is 3.62. The summed E-state index contributed by atoms with van der Waals surface area (Å²) < 4.78 is 5.14. The van der Waals surface area contributed by atoms with E-state index in [0.717, 1.165) is 29.7 Å². The van der Waals surface area contributed by atoms with Crippen LogP contribution in [0.4, 0.5) is 0 Å². The van der Waals surface area contributed by atoms with Gasteiger partial charge in [-0.05, 0) is 43.0 Å². The molecule has 92 valence electrons. The standard InChI is InChI=1S/C13H17NO3/c1-8-7-9(17-2)3-4-10(8)13(5-6-13)11(14)12(15)16/h3-4,7,11H,5-6,14H2,1-2H3,(H,15,16). The van der Waals surface area contributed by atoms with Gasteiger partial charge in [0, 0.05) is 5.41 Å². The van der Waals surface area contributed by atoms with Crippen molar-refractivity contribution in [3.8, 4) is 5.75 Å². The zero-order valence-corrected chi connectivity index (χ0v) is 10.1. The topological polar surface area (TPSA) is 72.5 Å². The van der Waals surface area contributed by atoms with Gasteiger partial charge in [-0.2, -0.15) is 0 Å². The van der Waals surface area contributed by atoms with E-state index in [-0.39, 0.29) is 5.41 Å². The SMILES string of the molecule is COc1ccc(C2(C(N)C(=O)O)CC2)c(C)c1. The van der Waals surface area contributed by atoms with Gasteiger partial charge in [-0.3, -0.25) is 4.79 Å². The van der Waals surface area contributed by atoms with Gasteiger partial charge in [0.2, 0.25) is 0 Å². The number of aliphatic carboxylic acids is 1. The lowest BCUT2D eigenvalue weighted by Crippen LogP contribution is -2.42. The molecular formula is C13H17NO3. The van der Waals surface area contributed by atoms with E-state index in [0.29, 0.717) is 0 Å². The monoisotopic (exact) mass is 235 g/mol. The smallest absolute Gasteiger partial charge is 0.321 e. The molecule has 4 nitrogen and oxygen atoms in total. The number of hydrogen-bond donors (Lipinski definition) is 2. The van der Waals surface area contributed by atoms with Crippen molar-refractivity contribution in [3.05, 3.63) is 29.3 Å². The summed E-state index contributed by atoms with van der Waals surface area (Å²) in [5.74, 6) is -0.149. The lowest BCUT2D eigenvalue weighted by molar-refractivity contribution is -0.139. The first-order valence-corrected chi connectivity index (χ1v) is 5.65. The lowest BCUT2D eigenvalue weighted by atomic mass is 9.85. The molecule has 1 fully saturated rings. The van der Waals surface area contributed by atoms with Crippen LogP contribution in [0.1, 0.15) is 24.0 Å². The van der Waals surface area contributed by atoms with Gasteiger partial charge in [0.15, 0.2) is 0 Å². The molecule has 17 heavy (non-hydrogen) atoms. The normalized spacial score (nSPS) is 18.5. The van der Waals surface area contributed by atoms with Crippen LogP contribution in [0.15, 0.2) is 18.2 Å². The molecule has 0 bridgehead atoms. The molecule has 0 spiro atoms. The van der Waals surface area contributed by atoms with Crippen molar-refractivity contribution in [2.45, 2.75) is 31.2 Å². The summed E-state index contributed by atoms with van der Waals surface area (Å²) in [6.45, 7) is 1.96. The quantitative estimate of drug-likeness (QED) is 0.828. The summed E-state index contributed by atoms with van der Waals surface area (Å²) in [5, 5.41) is 9.06. The molecule has 1 atom stereocenters. The van der Waals surface area contributed by atoms with E-state index in [9.17, 15) is 4.79 Å². The molecule has 0 heterocycles. The zero-order valence-electron chi connectivity index (χ0n) is 10.1. The maximum absolute atomic E-state index is 11.0. The molecule has 4 heteroatoms. The highest BCUT2D eigenvalue weighted by Gasteiger charge is 2.52. The third-order valence-corrected chi connectivity index (χ3v) is 3.62. The molecular weight excluding hydrogens is 218 g/mol. The zero-order chi connectivity index (χ0) is 12.6. The van der Waals surface area contributed by atoms with Crippen LogP contribution in [0.5, 0.6) is 5.75 Å². The molecule has 1 aliphatic carbocycles. The van der Waals surface area contributed by atoms with E-state index in [1.165, 1.54) is 0 Å². The van der Waals surface area contributed by atoms with Crippen molar-refractivity contribution in [3.63, 3.8) is 0 Å². The molecule has 1 aromatic carbocycles. The Kier molecular flexibility index (Phi) is 2.83. The Bertz CT molecular complexity index is 452. The maximum Gasteiger partial charge on any atom is 0.321 e. The van der Waals surface area contributed by atoms with Gasteiger partial charge in [0.05, 0.1) is 7.11 Å². The fourth-order valence-electron chi connectivity index (χ4n) is 2.44. The minimum Gasteiger partial charge on any atom is -0.497 e. The summed E-state index contributed by atoms with van der Waals surface area (Å²) >= 11 is 0. The minimum atomic E-state index is -0.933. The first kappa shape index (κ1) is 11.9. The molecule has 1 aliphatic rings. The van der Waals surface area contributed by atoms with Gasteiger partial charge >= 0.3 is 5.97 Å². The van der Waals surface area contributed by atoms with Gasteiger partial charge < -0.3 is 15.6 Å². The molecule has 1 saturated carbocycles. The van der Waals surface area contributed by atoms with Gasteiger partial charge in [-0.15, -0.1) is 0 Å². The Labute approximate surface area is 100 Å². The van der Waals surface area contributed by atoms with E-state index in [2.05, 4.69) is 0 Å². The number of ether oxygens (including phenoxy) is 1. The summed E-state index contributed by atoms with van der Waals surface area (Å²) in [5.41, 5.74) is 7.50. The van der Waals surface area contributed by atoms with Crippen molar-refractivity contribution in [2.75, 3.05) is 7.11 Å². The average Bonchev–Trinajstić information content (AvgIpc) is 3.09. The Morgan fingerprint density at radius 3 is 2.59 bits per heavy atom. The summed E-state index contributed by atoms with van der Waals surface area (Å²) in [6.07, 6.45) is 1.68. The van der Waals surface area contributed by atoms with Crippen LogP contribution in [-0.4, -0.2) is 24.2 Å². The number of carboxylic acids is 1. The number of carboxylic acid groups (broad SMARTS) is 1. The van der Waals surface area contributed by atoms with Crippen LogP contribution in [-0.2, 0) is 10.2 Å². The van der Waals surface area contributed by atoms with E-state index in [4.69, 9.17) is 15.6 Å². The van der Waals surface area contributed by atoms with Gasteiger partial charge in [-0.1, -0.05) is 6.07 Å². The summed E-state index contributed by atoms with van der Waals surface area (Å²) in [4.78, 5) is 11.0. The minimum absolute atomic E-state index is 0.373. The lowest BCUT2D eigenvalue weighted by Gasteiger charge is -2.22. The molecule has 0 aromatic heterocycles. The van der Waals surface area contributed by atoms with Crippen LogP contribution in [0, 0.1) is 6.92 Å². The number of nitrogens with two attached hydrogens (primary N) is 1. The van der Waals surface area contributed by atoms with Crippen LogP contribution in [0.25, 0.3) is 0 Å². The van der Waals surface area contributed by atoms with E-state index < -0.39 is 12.0 Å². The molecule has 1 unspecified atom stereocenters. The number of methoxy groups -OCH3 is 1. The predicted octanol–water partition coefficient (Wildman–Crippen LogP) is 1.45. The largest absolute Gasteiger partial charge is 0.497 e. The maximum atomic E-state index is 11.0. The van der Waals surface area contributed by atoms with Gasteiger partial charge in [-0.25, -0.2) is 0 Å². The number of aryl methyl sites for hydroxylation is 1. The fraction of sp³-hybridized carbons (Fsp3) is 0.462. The number of rotatable bonds is 4. The van der Waals surface area contributed by atoms with Crippen molar-refractivity contribution in [1.82, 2.24) is 0 Å². The second kappa shape index (κ2) is 4.04. The fourth-order valence-corrected chi connectivity index (χ4v) is 2.44. The summed E-state index contributed by atoms with van der Waals surface area (Å²) in [6, 6.07) is 4.89. The van der Waals surface area contributed by atoms with E-state index in [1.807, 2.05) is 25.1 Å². The molecule has 0 aliphatic heterocycles. The van der Waals surface area contributed by atoms with Crippen molar-refractivity contribution >= 4 is 5.97 Å². The van der Waals surface area contributed by atoms with Crippen molar-refractivity contribution in [2.24, 2.45) is 5.73 Å². The van der Waals surface area contributed by atoms with Crippen molar-refractivity contribution in [1.29, 1.82) is 0 Å². The van der Waals surface area contributed by atoms with E-state index in [1.54, 1.807) is 7.11 Å². The number of hydrogen-bond acceptors (Lipinski definition) is 3. The molecule has 1 aromatic rings. The Hall–Kier alpha value is -1.55. The molecule has 0 radical (unpaired) electrons. The second-order valence-electron chi connectivity index (χ2n) is 4.65. The van der Waals surface area contributed by atoms with Crippen LogP contribution in [0.3, 0.4) is 0 Å². The third kappa shape index (κ3) is 1.89. The predicted molar refractivity (Wildman–Crippen MR) is 64.3 cm³/mol. The highest BCUT2D eigenvalue weighted by atomic mass is 16.5. The van der Waals surface area contributed by atoms with Crippen LogP contribution >= 0.6 is 0 Å². The number of carbonyl (C=O) groups is 1. The van der Waals surface area contributed by atoms with Gasteiger partial charge in [0.25, 0.3) is 0 Å². The second-order valence-corrected chi connectivity index (χ2v) is 4.65. The Morgan fingerprint density at radius 2 is 2.18 bits per heavy atom. The number of benzene rings is 1. The Balaban J connectivity index is 2.37. The first-order chi connectivity index (χ1) is 8.01. The molecule has 0 saturated heterocycles.